The van der Waals surface area contributed by atoms with Gasteiger partial charge in [-0.3, -0.25) is 0 Å². The number of halogens is 1. The highest BCUT2D eigenvalue weighted by atomic mass is 19.1. The largest absolute Gasteiger partial charge is 0.508 e. The molecular weight excluding hydrogens is 273 g/mol. The summed E-state index contributed by atoms with van der Waals surface area (Å²) in [6.45, 7) is 6.68. The number of aromatic hydroxyl groups is 1. The van der Waals surface area contributed by atoms with Gasteiger partial charge in [0.1, 0.15) is 17.2 Å². The Hall–Kier alpha value is -1.78. The van der Waals surface area contributed by atoms with Crippen LogP contribution in [-0.4, -0.2) is 34.8 Å². The second-order valence-electron chi connectivity index (χ2n) is 6.48. The van der Waals surface area contributed by atoms with Crippen LogP contribution in [0.3, 0.4) is 0 Å². The Balaban J connectivity index is 1.95. The first-order valence-electron chi connectivity index (χ1n) is 7.22. The zero-order chi connectivity index (χ0) is 15.6. The molecule has 116 valence electrons. The molecule has 21 heavy (non-hydrogen) atoms. The average molecular weight is 295 g/mol. The Bertz CT molecular complexity index is 496. The summed E-state index contributed by atoms with van der Waals surface area (Å²) in [6.07, 6.45) is 1.17. The fourth-order valence-electron chi connectivity index (χ4n) is 2.55. The fourth-order valence-corrected chi connectivity index (χ4v) is 2.55. The van der Waals surface area contributed by atoms with Crippen LogP contribution in [0.1, 0.15) is 45.1 Å². The second-order valence-corrected chi connectivity index (χ2v) is 6.48. The Morgan fingerprint density at radius 3 is 2.43 bits per heavy atom. The predicted molar refractivity (Wildman–Crippen MR) is 77.8 cm³/mol. The number of piperidine rings is 1. The van der Waals surface area contributed by atoms with Crippen LogP contribution in [0.4, 0.5) is 9.18 Å². The summed E-state index contributed by atoms with van der Waals surface area (Å²) in [7, 11) is 0. The Labute approximate surface area is 124 Å². The van der Waals surface area contributed by atoms with Gasteiger partial charge in [-0.2, -0.15) is 0 Å². The molecule has 1 aromatic rings. The Morgan fingerprint density at radius 2 is 1.90 bits per heavy atom. The zero-order valence-electron chi connectivity index (χ0n) is 12.7. The van der Waals surface area contributed by atoms with E-state index in [2.05, 4.69) is 0 Å². The number of hydrogen-bond acceptors (Lipinski definition) is 3. The number of benzene rings is 1. The van der Waals surface area contributed by atoms with Gasteiger partial charge in [-0.05, 0) is 57.2 Å². The van der Waals surface area contributed by atoms with Crippen LogP contribution in [0.5, 0.6) is 5.75 Å². The number of phenols is 1. The lowest BCUT2D eigenvalue weighted by Gasteiger charge is -2.33. The first-order chi connectivity index (χ1) is 9.74. The number of ether oxygens (including phenoxy) is 1. The van der Waals surface area contributed by atoms with E-state index in [0.717, 1.165) is 24.5 Å². The number of carbonyl (C=O) groups is 1. The maximum absolute atomic E-state index is 13.3. The lowest BCUT2D eigenvalue weighted by Crippen LogP contribution is -2.41. The van der Waals surface area contributed by atoms with Gasteiger partial charge < -0.3 is 14.7 Å². The molecule has 0 bridgehead atoms. The highest BCUT2D eigenvalue weighted by molar-refractivity contribution is 5.68. The van der Waals surface area contributed by atoms with Crippen LogP contribution in [0, 0.1) is 5.82 Å². The van der Waals surface area contributed by atoms with Crippen molar-refractivity contribution in [1.82, 2.24) is 4.90 Å². The van der Waals surface area contributed by atoms with E-state index in [1.165, 1.54) is 6.07 Å². The van der Waals surface area contributed by atoms with Gasteiger partial charge in [-0.25, -0.2) is 9.18 Å². The molecule has 2 rings (SSSR count). The van der Waals surface area contributed by atoms with Crippen molar-refractivity contribution < 1.29 is 19.0 Å². The molecule has 1 amide bonds. The minimum Gasteiger partial charge on any atom is -0.508 e. The molecule has 0 aromatic heterocycles. The standard InChI is InChI=1S/C16H22FNO3/c1-16(2,3)21-15(20)18-6-4-11(5-7-18)12-8-13(17)10-14(19)9-12/h8-11,19H,4-7H2,1-3H3. The van der Waals surface area contributed by atoms with Crippen LogP contribution in [0.25, 0.3) is 0 Å². The van der Waals surface area contributed by atoms with E-state index in [1.807, 2.05) is 20.8 Å². The molecule has 0 spiro atoms. The maximum Gasteiger partial charge on any atom is 0.410 e. The normalized spacial score (nSPS) is 16.9. The minimum absolute atomic E-state index is 0.0560. The van der Waals surface area contributed by atoms with Crippen molar-refractivity contribution in [3.63, 3.8) is 0 Å². The molecule has 0 radical (unpaired) electrons. The molecule has 0 atom stereocenters. The van der Waals surface area contributed by atoms with Crippen molar-refractivity contribution in [3.8, 4) is 5.75 Å². The van der Waals surface area contributed by atoms with E-state index < -0.39 is 11.4 Å². The van der Waals surface area contributed by atoms with Crippen LogP contribution in [0.15, 0.2) is 18.2 Å². The van der Waals surface area contributed by atoms with E-state index in [4.69, 9.17) is 4.74 Å². The van der Waals surface area contributed by atoms with E-state index in [1.54, 1.807) is 11.0 Å². The summed E-state index contributed by atoms with van der Waals surface area (Å²) in [6, 6.07) is 4.14. The summed E-state index contributed by atoms with van der Waals surface area (Å²) in [4.78, 5) is 13.7. The molecule has 1 aliphatic rings. The van der Waals surface area contributed by atoms with Crippen LogP contribution in [-0.2, 0) is 4.74 Å². The summed E-state index contributed by atoms with van der Waals surface area (Å²) >= 11 is 0. The molecular formula is C16H22FNO3. The number of hydrogen-bond donors (Lipinski definition) is 1. The highest BCUT2D eigenvalue weighted by Gasteiger charge is 2.27. The molecule has 1 aliphatic heterocycles. The van der Waals surface area contributed by atoms with E-state index in [0.29, 0.717) is 13.1 Å². The van der Waals surface area contributed by atoms with Crippen LogP contribution < -0.4 is 0 Å². The number of amides is 1. The highest BCUT2D eigenvalue weighted by Crippen LogP contribution is 2.31. The zero-order valence-corrected chi connectivity index (χ0v) is 12.7. The van der Waals surface area contributed by atoms with Crippen molar-refractivity contribution in [1.29, 1.82) is 0 Å². The average Bonchev–Trinajstić information content (AvgIpc) is 2.35. The van der Waals surface area contributed by atoms with Crippen LogP contribution in [0.2, 0.25) is 0 Å². The Kier molecular flexibility index (Phi) is 4.40. The molecule has 5 heteroatoms. The molecule has 0 saturated carbocycles. The minimum atomic E-state index is -0.498. The monoisotopic (exact) mass is 295 g/mol. The van der Waals surface area contributed by atoms with Crippen molar-refractivity contribution in [2.45, 2.75) is 45.1 Å². The summed E-state index contributed by atoms with van der Waals surface area (Å²) < 4.78 is 18.7. The molecule has 4 nitrogen and oxygen atoms in total. The SMILES string of the molecule is CC(C)(C)OC(=O)N1CCC(c2cc(O)cc(F)c2)CC1. The van der Waals surface area contributed by atoms with E-state index in [9.17, 15) is 14.3 Å². The maximum atomic E-state index is 13.3. The van der Waals surface area contributed by atoms with Gasteiger partial charge in [-0.15, -0.1) is 0 Å². The second kappa shape index (κ2) is 5.92. The van der Waals surface area contributed by atoms with Crippen molar-refractivity contribution in [3.05, 3.63) is 29.6 Å². The molecule has 1 heterocycles. The van der Waals surface area contributed by atoms with E-state index in [-0.39, 0.29) is 17.8 Å². The molecule has 0 aliphatic carbocycles. The lowest BCUT2D eigenvalue weighted by molar-refractivity contribution is 0.0204. The number of carbonyl (C=O) groups excluding carboxylic acids is 1. The quantitative estimate of drug-likeness (QED) is 0.860. The summed E-state index contributed by atoms with van der Waals surface area (Å²) in [5.41, 5.74) is 0.291. The van der Waals surface area contributed by atoms with Gasteiger partial charge >= 0.3 is 6.09 Å². The topological polar surface area (TPSA) is 49.8 Å². The lowest BCUT2D eigenvalue weighted by atomic mass is 9.89. The number of phenolic OH excluding ortho intramolecular Hbond substituents is 1. The molecule has 1 aromatic carbocycles. The third-order valence-electron chi connectivity index (χ3n) is 3.52. The third-order valence-corrected chi connectivity index (χ3v) is 3.52. The molecule has 1 saturated heterocycles. The smallest absolute Gasteiger partial charge is 0.410 e. The number of likely N-dealkylation sites (tertiary alicyclic amines) is 1. The van der Waals surface area contributed by atoms with Crippen molar-refractivity contribution in [2.75, 3.05) is 13.1 Å². The number of rotatable bonds is 1. The molecule has 1 fully saturated rings. The van der Waals surface area contributed by atoms with Gasteiger partial charge in [0.15, 0.2) is 0 Å². The molecule has 0 unspecified atom stereocenters. The number of nitrogens with zero attached hydrogens (tertiary/aromatic N) is 1. The summed E-state index contributed by atoms with van der Waals surface area (Å²) in [5, 5.41) is 9.47. The van der Waals surface area contributed by atoms with Gasteiger partial charge in [0, 0.05) is 19.2 Å². The van der Waals surface area contributed by atoms with Gasteiger partial charge in [0.05, 0.1) is 0 Å². The summed E-state index contributed by atoms with van der Waals surface area (Å²) in [5.74, 6) is -0.329. The first-order valence-corrected chi connectivity index (χ1v) is 7.22. The van der Waals surface area contributed by atoms with E-state index >= 15 is 0 Å². The van der Waals surface area contributed by atoms with Gasteiger partial charge in [-0.1, -0.05) is 0 Å². The van der Waals surface area contributed by atoms with Crippen molar-refractivity contribution in [2.24, 2.45) is 0 Å². The molecule has 1 N–H and O–H groups in total. The Morgan fingerprint density at radius 1 is 1.29 bits per heavy atom. The van der Waals surface area contributed by atoms with Crippen LogP contribution >= 0.6 is 0 Å². The van der Waals surface area contributed by atoms with Crippen molar-refractivity contribution >= 4 is 6.09 Å². The third kappa shape index (κ3) is 4.34. The van der Waals surface area contributed by atoms with Gasteiger partial charge in [0.2, 0.25) is 0 Å². The first kappa shape index (κ1) is 15.6. The predicted octanol–water partition coefficient (Wildman–Crippen LogP) is 3.65. The van der Waals surface area contributed by atoms with Gasteiger partial charge in [0.25, 0.3) is 0 Å². The fraction of sp³-hybridized carbons (Fsp3) is 0.562.